The molecule has 0 saturated heterocycles. The van der Waals surface area contributed by atoms with E-state index in [-0.39, 0.29) is 0 Å². The predicted molar refractivity (Wildman–Crippen MR) is 173 cm³/mol. The topological polar surface area (TPSA) is 47.9 Å². The standard InChI is InChI=1S/C39H36O4/c1-6-20-38(40)34-23-25(3)8-18-31(34)35-30-17-7-24(2)22-33(30)37-32(36(35)38)19-21-39(43-37,26-9-13-28(41-4)14-10-26)27-11-15-29(42-5)16-12-27/h7-19,21-23,40H,6,20H2,1-5H3. The summed E-state index contributed by atoms with van der Waals surface area (Å²) in [5, 5.41) is 14.8. The van der Waals surface area contributed by atoms with Gasteiger partial charge in [0.05, 0.1) is 14.2 Å². The van der Waals surface area contributed by atoms with Crippen molar-refractivity contribution in [3.05, 3.63) is 130 Å². The van der Waals surface area contributed by atoms with Crippen LogP contribution in [0.2, 0.25) is 0 Å². The van der Waals surface area contributed by atoms with Crippen molar-refractivity contribution in [1.29, 1.82) is 0 Å². The maximum atomic E-state index is 12.7. The van der Waals surface area contributed by atoms with Gasteiger partial charge in [-0.1, -0.05) is 85.1 Å². The molecule has 0 fully saturated rings. The fraction of sp³-hybridized carbons (Fsp3) is 0.231. The third-order valence-electron chi connectivity index (χ3n) is 9.15. The summed E-state index contributed by atoms with van der Waals surface area (Å²) >= 11 is 0. The fourth-order valence-electron chi connectivity index (χ4n) is 7.09. The number of benzene rings is 5. The van der Waals surface area contributed by atoms with Crippen molar-refractivity contribution in [3.8, 4) is 28.4 Å². The Kier molecular flexibility index (Phi) is 6.37. The maximum absolute atomic E-state index is 12.7. The molecule has 1 aliphatic heterocycles. The SMILES string of the molecule is CCCC1(O)c2cc(C)ccc2-c2c1c1c(c3cc(C)ccc23)OC(c2ccc(OC)cc2)(c2ccc(OC)cc2)C=C1. The molecule has 1 unspecified atom stereocenters. The van der Waals surface area contributed by atoms with Crippen molar-refractivity contribution in [2.45, 2.75) is 44.8 Å². The largest absolute Gasteiger partial charge is 0.497 e. The van der Waals surface area contributed by atoms with Gasteiger partial charge in [0.15, 0.2) is 5.60 Å². The van der Waals surface area contributed by atoms with Gasteiger partial charge in [-0.3, -0.25) is 0 Å². The minimum absolute atomic E-state index is 0.621. The van der Waals surface area contributed by atoms with Crippen LogP contribution in [0.1, 0.15) is 58.7 Å². The average molecular weight is 569 g/mol. The Morgan fingerprint density at radius 1 is 0.744 bits per heavy atom. The molecule has 0 radical (unpaired) electrons. The molecule has 0 bridgehead atoms. The second-order valence-electron chi connectivity index (χ2n) is 11.8. The summed E-state index contributed by atoms with van der Waals surface area (Å²) in [4.78, 5) is 0. The zero-order valence-corrected chi connectivity index (χ0v) is 25.3. The maximum Gasteiger partial charge on any atom is 0.178 e. The van der Waals surface area contributed by atoms with Crippen LogP contribution in [0.25, 0.3) is 28.0 Å². The number of ether oxygens (including phenoxy) is 3. The number of methoxy groups -OCH3 is 2. The van der Waals surface area contributed by atoms with E-state index in [2.05, 4.69) is 93.6 Å². The normalized spacial score (nSPS) is 17.6. The van der Waals surface area contributed by atoms with Gasteiger partial charge in [-0.2, -0.15) is 0 Å². The lowest BCUT2D eigenvalue weighted by molar-refractivity contribution is 0.0738. The van der Waals surface area contributed by atoms with E-state index in [9.17, 15) is 5.11 Å². The number of hydrogen-bond acceptors (Lipinski definition) is 4. The molecule has 1 aliphatic carbocycles. The highest BCUT2D eigenvalue weighted by Crippen LogP contribution is 2.58. The van der Waals surface area contributed by atoms with E-state index in [0.29, 0.717) is 6.42 Å². The Labute approximate surface area is 253 Å². The monoisotopic (exact) mass is 568 g/mol. The smallest absolute Gasteiger partial charge is 0.178 e. The van der Waals surface area contributed by atoms with E-state index in [1.807, 2.05) is 24.3 Å². The molecule has 0 saturated carbocycles. The summed E-state index contributed by atoms with van der Waals surface area (Å²) in [5.41, 5.74) is 7.27. The second kappa shape index (κ2) is 10.0. The van der Waals surface area contributed by atoms with Crippen molar-refractivity contribution in [3.63, 3.8) is 0 Å². The molecule has 1 N–H and O–H groups in total. The molecule has 2 aliphatic rings. The number of rotatable bonds is 6. The van der Waals surface area contributed by atoms with Gasteiger partial charge in [0.25, 0.3) is 0 Å². The quantitative estimate of drug-likeness (QED) is 0.222. The molecular weight excluding hydrogens is 532 g/mol. The third-order valence-corrected chi connectivity index (χ3v) is 9.15. The van der Waals surface area contributed by atoms with Crippen molar-refractivity contribution < 1.29 is 19.3 Å². The second-order valence-corrected chi connectivity index (χ2v) is 11.8. The third kappa shape index (κ3) is 4.00. The number of fused-ring (bicyclic) bond motifs is 8. The highest BCUT2D eigenvalue weighted by atomic mass is 16.5. The molecule has 4 nitrogen and oxygen atoms in total. The zero-order chi connectivity index (χ0) is 29.9. The van der Waals surface area contributed by atoms with Crippen LogP contribution in [0, 0.1) is 13.8 Å². The molecule has 0 amide bonds. The molecule has 7 rings (SSSR count). The molecule has 0 aromatic heterocycles. The van der Waals surface area contributed by atoms with E-state index in [1.54, 1.807) is 14.2 Å². The van der Waals surface area contributed by atoms with Crippen molar-refractivity contribution in [2.24, 2.45) is 0 Å². The number of aryl methyl sites for hydroxylation is 2. The highest BCUT2D eigenvalue weighted by molar-refractivity contribution is 6.08. The van der Waals surface area contributed by atoms with E-state index < -0.39 is 11.2 Å². The molecule has 43 heavy (non-hydrogen) atoms. The van der Waals surface area contributed by atoms with E-state index >= 15 is 0 Å². The van der Waals surface area contributed by atoms with E-state index in [4.69, 9.17) is 14.2 Å². The zero-order valence-electron chi connectivity index (χ0n) is 25.3. The lowest BCUT2D eigenvalue weighted by atomic mass is 9.79. The summed E-state index contributed by atoms with van der Waals surface area (Å²) in [5.74, 6) is 2.35. The fourth-order valence-corrected chi connectivity index (χ4v) is 7.09. The molecule has 4 heteroatoms. The van der Waals surface area contributed by atoms with Gasteiger partial charge in [-0.05, 0) is 78.8 Å². The van der Waals surface area contributed by atoms with Crippen LogP contribution in [0.15, 0.2) is 91.0 Å². The summed E-state index contributed by atoms with van der Waals surface area (Å²) < 4.78 is 18.3. The Hall–Kier alpha value is -4.54. The molecule has 1 atom stereocenters. The summed E-state index contributed by atoms with van der Waals surface area (Å²) in [6, 6.07) is 29.2. The minimum Gasteiger partial charge on any atom is -0.497 e. The van der Waals surface area contributed by atoms with Gasteiger partial charge in [0, 0.05) is 27.6 Å². The van der Waals surface area contributed by atoms with Gasteiger partial charge >= 0.3 is 0 Å². The average Bonchev–Trinajstić information content (AvgIpc) is 3.28. The first-order chi connectivity index (χ1) is 20.8. The van der Waals surface area contributed by atoms with Crippen LogP contribution in [-0.4, -0.2) is 19.3 Å². The first-order valence-corrected chi connectivity index (χ1v) is 14.9. The summed E-state index contributed by atoms with van der Waals surface area (Å²) in [6.45, 7) is 6.34. The van der Waals surface area contributed by atoms with Crippen molar-refractivity contribution >= 4 is 16.8 Å². The number of hydrogen-bond donors (Lipinski definition) is 1. The molecule has 216 valence electrons. The van der Waals surface area contributed by atoms with Gasteiger partial charge in [-0.25, -0.2) is 0 Å². The Bertz CT molecular complexity index is 1850. The van der Waals surface area contributed by atoms with Gasteiger partial charge < -0.3 is 19.3 Å². The van der Waals surface area contributed by atoms with Crippen LogP contribution >= 0.6 is 0 Å². The van der Waals surface area contributed by atoms with Gasteiger partial charge in [0.1, 0.15) is 22.8 Å². The summed E-state index contributed by atoms with van der Waals surface area (Å²) in [6.07, 6.45) is 5.78. The number of aliphatic hydroxyl groups is 1. The van der Waals surface area contributed by atoms with Crippen LogP contribution in [-0.2, 0) is 11.2 Å². The van der Waals surface area contributed by atoms with E-state index in [1.165, 1.54) is 0 Å². The minimum atomic E-state index is -1.12. The lowest BCUT2D eigenvalue weighted by Gasteiger charge is -2.38. The first kappa shape index (κ1) is 27.3. The molecular formula is C39H36O4. The van der Waals surface area contributed by atoms with Gasteiger partial charge in [-0.15, -0.1) is 0 Å². The van der Waals surface area contributed by atoms with Crippen molar-refractivity contribution in [2.75, 3.05) is 14.2 Å². The molecule has 5 aromatic rings. The Balaban J connectivity index is 1.55. The predicted octanol–water partition coefficient (Wildman–Crippen LogP) is 8.84. The van der Waals surface area contributed by atoms with Crippen LogP contribution in [0.4, 0.5) is 0 Å². The van der Waals surface area contributed by atoms with Crippen LogP contribution in [0.5, 0.6) is 17.2 Å². The Morgan fingerprint density at radius 3 is 1.95 bits per heavy atom. The molecule has 0 spiro atoms. The Morgan fingerprint density at radius 2 is 1.35 bits per heavy atom. The van der Waals surface area contributed by atoms with Crippen LogP contribution in [0.3, 0.4) is 0 Å². The van der Waals surface area contributed by atoms with E-state index in [0.717, 1.165) is 84.5 Å². The highest BCUT2D eigenvalue weighted by Gasteiger charge is 2.47. The van der Waals surface area contributed by atoms with Crippen LogP contribution < -0.4 is 14.2 Å². The summed E-state index contributed by atoms with van der Waals surface area (Å²) in [7, 11) is 3.35. The first-order valence-electron chi connectivity index (χ1n) is 14.9. The van der Waals surface area contributed by atoms with Crippen molar-refractivity contribution in [1.82, 2.24) is 0 Å². The molecule has 1 heterocycles. The van der Waals surface area contributed by atoms with Gasteiger partial charge in [0.2, 0.25) is 0 Å². The molecule has 5 aromatic carbocycles. The lowest BCUT2D eigenvalue weighted by Crippen LogP contribution is -2.35.